The molecule has 2 fully saturated rings. The number of rotatable bonds is 5. The summed E-state index contributed by atoms with van der Waals surface area (Å²) >= 11 is 0. The molecule has 2 aliphatic rings. The SMILES string of the molecule is CC(C)[C@H]1NC(=O)[C@@H](NC(=O)[C@H]2CCCO2)CCCNC(=O)CN(C)C(=O)[C@H](Cc2ccccc2)NC(=O)[C@@H](C)NC1=O. The number of benzene rings is 1. The van der Waals surface area contributed by atoms with E-state index in [-0.39, 0.29) is 31.8 Å². The topological polar surface area (TPSA) is 175 Å². The van der Waals surface area contributed by atoms with Crippen LogP contribution in [0.15, 0.2) is 30.3 Å². The molecule has 2 saturated heterocycles. The lowest BCUT2D eigenvalue weighted by Crippen LogP contribution is -2.59. The van der Waals surface area contributed by atoms with Crippen molar-refractivity contribution in [2.45, 2.75) is 83.1 Å². The highest BCUT2D eigenvalue weighted by molar-refractivity contribution is 5.96. The van der Waals surface area contributed by atoms with Crippen LogP contribution in [0.5, 0.6) is 0 Å². The fourth-order valence-corrected chi connectivity index (χ4v) is 4.97. The van der Waals surface area contributed by atoms with E-state index in [9.17, 15) is 28.8 Å². The molecule has 0 saturated carbocycles. The Hall–Kier alpha value is -4.00. The number of likely N-dealkylation sites (N-methyl/N-ethyl adjacent to an activating group) is 1. The van der Waals surface area contributed by atoms with Gasteiger partial charge in [0.25, 0.3) is 0 Å². The number of hydrogen-bond donors (Lipinski definition) is 5. The lowest BCUT2D eigenvalue weighted by molar-refractivity contribution is -0.139. The number of carbonyl (C=O) groups is 6. The maximum absolute atomic E-state index is 13.4. The van der Waals surface area contributed by atoms with Crippen LogP contribution >= 0.6 is 0 Å². The summed E-state index contributed by atoms with van der Waals surface area (Å²) in [7, 11) is 1.48. The van der Waals surface area contributed by atoms with Gasteiger partial charge in [-0.05, 0) is 44.1 Å². The summed E-state index contributed by atoms with van der Waals surface area (Å²) in [6.45, 7) is 5.39. The van der Waals surface area contributed by atoms with Gasteiger partial charge in [0.2, 0.25) is 35.4 Å². The van der Waals surface area contributed by atoms with E-state index in [1.807, 2.05) is 30.3 Å². The maximum atomic E-state index is 13.4. The monoisotopic (exact) mass is 600 g/mol. The predicted octanol–water partition coefficient (Wildman–Crippen LogP) is -0.608. The zero-order valence-electron chi connectivity index (χ0n) is 25.3. The van der Waals surface area contributed by atoms with Crippen LogP contribution in [0, 0.1) is 5.92 Å². The van der Waals surface area contributed by atoms with Gasteiger partial charge in [-0.3, -0.25) is 28.8 Å². The Balaban J connectivity index is 1.82. The molecule has 0 spiro atoms. The van der Waals surface area contributed by atoms with E-state index in [2.05, 4.69) is 26.6 Å². The first-order valence-electron chi connectivity index (χ1n) is 14.8. The molecular formula is C30H44N6O7. The fourth-order valence-electron chi connectivity index (χ4n) is 4.97. The second kappa shape index (κ2) is 16.0. The molecule has 236 valence electrons. The third-order valence-electron chi connectivity index (χ3n) is 7.50. The average molecular weight is 601 g/mol. The summed E-state index contributed by atoms with van der Waals surface area (Å²) in [4.78, 5) is 79.9. The van der Waals surface area contributed by atoms with E-state index in [4.69, 9.17) is 4.74 Å². The van der Waals surface area contributed by atoms with Crippen molar-refractivity contribution in [2.75, 3.05) is 26.7 Å². The number of amides is 6. The minimum atomic E-state index is -1.04. The van der Waals surface area contributed by atoms with Gasteiger partial charge in [0.1, 0.15) is 30.3 Å². The Morgan fingerprint density at radius 2 is 1.70 bits per heavy atom. The molecule has 43 heavy (non-hydrogen) atoms. The normalized spacial score (nSPS) is 27.0. The summed E-state index contributed by atoms with van der Waals surface area (Å²) in [5.74, 6) is -3.37. The molecule has 13 nitrogen and oxygen atoms in total. The summed E-state index contributed by atoms with van der Waals surface area (Å²) in [5.41, 5.74) is 0.807. The summed E-state index contributed by atoms with van der Waals surface area (Å²) in [5, 5.41) is 13.6. The Morgan fingerprint density at radius 3 is 2.35 bits per heavy atom. The molecular weight excluding hydrogens is 556 g/mol. The van der Waals surface area contributed by atoms with Gasteiger partial charge in [0.15, 0.2) is 0 Å². The molecule has 0 aliphatic carbocycles. The van der Waals surface area contributed by atoms with Crippen LogP contribution in [-0.4, -0.2) is 97.4 Å². The highest BCUT2D eigenvalue weighted by atomic mass is 16.5. The molecule has 2 heterocycles. The van der Waals surface area contributed by atoms with Gasteiger partial charge in [-0.25, -0.2) is 0 Å². The second-order valence-corrected chi connectivity index (χ2v) is 11.5. The minimum absolute atomic E-state index is 0.182. The Kier molecular flexibility index (Phi) is 12.5. The first-order valence-corrected chi connectivity index (χ1v) is 14.8. The zero-order valence-corrected chi connectivity index (χ0v) is 25.3. The standard InChI is InChI=1S/C30H44N6O7/c1-18(2)25-29(41)32-19(3)26(38)34-22(16-20-10-6-5-7-11-20)30(42)36(4)17-24(37)31-14-8-12-21(27(39)35-25)33-28(40)23-13-9-15-43-23/h5-7,10-11,18-19,21-23,25H,8-9,12-17H2,1-4H3,(H,31,37)(H,32,41)(H,33,40)(H,34,38)(H,35,39)/t19-,21+,22+,23-,25-/m1/s1. The lowest BCUT2D eigenvalue weighted by atomic mass is 10.0. The van der Waals surface area contributed by atoms with E-state index < -0.39 is 65.7 Å². The number of ether oxygens (including phenoxy) is 1. The second-order valence-electron chi connectivity index (χ2n) is 11.5. The summed E-state index contributed by atoms with van der Waals surface area (Å²) in [6.07, 6.45) is 1.35. The van der Waals surface area contributed by atoms with Gasteiger partial charge in [-0.1, -0.05) is 44.2 Å². The van der Waals surface area contributed by atoms with Crippen molar-refractivity contribution in [3.63, 3.8) is 0 Å². The van der Waals surface area contributed by atoms with Crippen molar-refractivity contribution in [1.82, 2.24) is 31.5 Å². The molecule has 5 N–H and O–H groups in total. The number of nitrogens with one attached hydrogen (secondary N) is 5. The molecule has 0 aromatic heterocycles. The molecule has 1 aromatic carbocycles. The quantitative estimate of drug-likeness (QED) is 0.300. The zero-order chi connectivity index (χ0) is 31.5. The van der Waals surface area contributed by atoms with Crippen molar-refractivity contribution in [3.05, 3.63) is 35.9 Å². The number of carbonyl (C=O) groups excluding carboxylic acids is 6. The molecule has 5 atom stereocenters. The van der Waals surface area contributed by atoms with Crippen molar-refractivity contribution in [1.29, 1.82) is 0 Å². The van der Waals surface area contributed by atoms with Gasteiger partial charge < -0.3 is 36.2 Å². The van der Waals surface area contributed by atoms with Gasteiger partial charge >= 0.3 is 0 Å². The maximum Gasteiger partial charge on any atom is 0.249 e. The van der Waals surface area contributed by atoms with Gasteiger partial charge in [-0.2, -0.15) is 0 Å². The molecule has 1 aromatic rings. The fraction of sp³-hybridized carbons (Fsp3) is 0.600. The molecule has 3 rings (SSSR count). The van der Waals surface area contributed by atoms with Crippen LogP contribution in [-0.2, 0) is 39.9 Å². The highest BCUT2D eigenvalue weighted by Gasteiger charge is 2.33. The smallest absolute Gasteiger partial charge is 0.249 e. The summed E-state index contributed by atoms with van der Waals surface area (Å²) in [6, 6.07) is 5.13. The first-order chi connectivity index (χ1) is 20.5. The van der Waals surface area contributed by atoms with E-state index in [0.717, 1.165) is 12.0 Å². The molecule has 2 aliphatic heterocycles. The lowest BCUT2D eigenvalue weighted by Gasteiger charge is -2.28. The Bertz CT molecular complexity index is 1150. The van der Waals surface area contributed by atoms with Crippen LogP contribution in [0.1, 0.15) is 52.0 Å². The number of nitrogens with zero attached hydrogens (tertiary/aromatic N) is 1. The van der Waals surface area contributed by atoms with Crippen LogP contribution in [0.4, 0.5) is 0 Å². The van der Waals surface area contributed by atoms with Crippen molar-refractivity contribution in [2.24, 2.45) is 5.92 Å². The largest absolute Gasteiger partial charge is 0.368 e. The predicted molar refractivity (Wildman–Crippen MR) is 157 cm³/mol. The van der Waals surface area contributed by atoms with Crippen LogP contribution in [0.3, 0.4) is 0 Å². The van der Waals surface area contributed by atoms with Crippen LogP contribution in [0.2, 0.25) is 0 Å². The van der Waals surface area contributed by atoms with Crippen LogP contribution < -0.4 is 26.6 Å². The van der Waals surface area contributed by atoms with E-state index in [0.29, 0.717) is 19.4 Å². The van der Waals surface area contributed by atoms with Crippen molar-refractivity contribution >= 4 is 35.4 Å². The van der Waals surface area contributed by atoms with E-state index in [1.54, 1.807) is 13.8 Å². The first kappa shape index (κ1) is 33.5. The van der Waals surface area contributed by atoms with Gasteiger partial charge in [-0.15, -0.1) is 0 Å². The Labute approximate surface area is 252 Å². The Morgan fingerprint density at radius 1 is 0.977 bits per heavy atom. The van der Waals surface area contributed by atoms with Crippen molar-refractivity contribution < 1.29 is 33.5 Å². The third kappa shape index (κ3) is 10.1. The molecule has 6 amide bonds. The molecule has 0 unspecified atom stereocenters. The molecule has 0 bridgehead atoms. The minimum Gasteiger partial charge on any atom is -0.368 e. The van der Waals surface area contributed by atoms with Crippen molar-refractivity contribution in [3.8, 4) is 0 Å². The van der Waals surface area contributed by atoms with Crippen LogP contribution in [0.25, 0.3) is 0 Å². The van der Waals surface area contributed by atoms with E-state index in [1.165, 1.54) is 18.9 Å². The third-order valence-corrected chi connectivity index (χ3v) is 7.50. The molecule has 13 heteroatoms. The molecule has 0 radical (unpaired) electrons. The van der Waals surface area contributed by atoms with Gasteiger partial charge in [0, 0.05) is 26.6 Å². The summed E-state index contributed by atoms with van der Waals surface area (Å²) < 4.78 is 5.44. The number of hydrogen-bond acceptors (Lipinski definition) is 7. The van der Waals surface area contributed by atoms with Gasteiger partial charge in [0.05, 0.1) is 6.54 Å². The van der Waals surface area contributed by atoms with E-state index >= 15 is 0 Å². The highest BCUT2D eigenvalue weighted by Crippen LogP contribution is 2.13. The average Bonchev–Trinajstić information content (AvgIpc) is 3.51.